The number of rotatable bonds is 1. The minimum Gasteiger partial charge on any atom is -0.486 e. The van der Waals surface area contributed by atoms with Gasteiger partial charge in [0.15, 0.2) is 11.5 Å². The van der Waals surface area contributed by atoms with E-state index in [4.69, 9.17) is 9.47 Å². The fraction of sp³-hybridized carbons (Fsp3) is 0.286. The van der Waals surface area contributed by atoms with Crippen molar-refractivity contribution in [3.8, 4) is 22.9 Å². The van der Waals surface area contributed by atoms with Crippen LogP contribution in [0, 0.1) is 0 Å². The van der Waals surface area contributed by atoms with Crippen molar-refractivity contribution in [2.75, 3.05) is 13.2 Å². The molecule has 5 nitrogen and oxygen atoms in total. The van der Waals surface area contributed by atoms with Crippen molar-refractivity contribution in [3.05, 3.63) is 38.2 Å². The number of nitrogens with zero attached hydrogens (tertiary/aromatic N) is 1. The molecule has 0 spiro atoms. The van der Waals surface area contributed by atoms with Crippen LogP contribution in [0.1, 0.15) is 11.3 Å². The number of aromatic amines is 1. The maximum Gasteiger partial charge on any atom is 0.255 e. The number of aromatic nitrogens is 2. The molecule has 1 N–H and O–H groups in total. The van der Waals surface area contributed by atoms with E-state index in [1.807, 2.05) is 12.1 Å². The van der Waals surface area contributed by atoms with Crippen LogP contribution >= 0.6 is 27.7 Å². The Morgan fingerprint density at radius 1 is 1.24 bits per heavy atom. The van der Waals surface area contributed by atoms with Gasteiger partial charge in [-0.1, -0.05) is 0 Å². The van der Waals surface area contributed by atoms with E-state index in [1.165, 1.54) is 0 Å². The third kappa shape index (κ3) is 2.24. The van der Waals surface area contributed by atoms with Gasteiger partial charge < -0.3 is 14.5 Å². The van der Waals surface area contributed by atoms with Crippen LogP contribution in [0.25, 0.3) is 11.4 Å². The molecule has 3 heterocycles. The lowest BCUT2D eigenvalue weighted by molar-refractivity contribution is 0.170. The molecule has 2 aliphatic heterocycles. The Labute approximate surface area is 133 Å². The molecule has 7 heteroatoms. The van der Waals surface area contributed by atoms with Gasteiger partial charge >= 0.3 is 0 Å². The fourth-order valence-corrected chi connectivity index (χ4v) is 4.04. The first-order valence-electron chi connectivity index (χ1n) is 6.52. The van der Waals surface area contributed by atoms with Gasteiger partial charge in [0.05, 0.1) is 10.2 Å². The van der Waals surface area contributed by atoms with Gasteiger partial charge in [0, 0.05) is 22.6 Å². The zero-order valence-electron chi connectivity index (χ0n) is 10.9. The zero-order chi connectivity index (χ0) is 14.4. The highest BCUT2D eigenvalue weighted by Gasteiger charge is 2.21. The van der Waals surface area contributed by atoms with E-state index < -0.39 is 0 Å². The van der Waals surface area contributed by atoms with Crippen LogP contribution in [0.15, 0.2) is 21.4 Å². The molecule has 1 aromatic heterocycles. The lowest BCUT2D eigenvalue weighted by Gasteiger charge is -2.20. The molecular formula is C14H11BrN2O3S. The third-order valence-electron chi connectivity index (χ3n) is 3.46. The van der Waals surface area contributed by atoms with E-state index >= 15 is 0 Å². The van der Waals surface area contributed by atoms with E-state index in [1.54, 1.807) is 11.8 Å². The monoisotopic (exact) mass is 366 g/mol. The lowest BCUT2D eigenvalue weighted by Crippen LogP contribution is -2.17. The molecule has 0 fully saturated rings. The highest BCUT2D eigenvalue weighted by atomic mass is 79.9. The standard InChI is InChI=1S/C14H11BrN2O3S/c15-9-3-7(4-11-12(9)20-2-1-19-11)13-16-10-6-21-5-8(10)14(18)17-13/h3-4H,1-2,5-6H2,(H,16,17,18). The fourth-order valence-electron chi connectivity index (χ4n) is 2.45. The summed E-state index contributed by atoms with van der Waals surface area (Å²) < 4.78 is 12.0. The lowest BCUT2D eigenvalue weighted by atomic mass is 10.1. The summed E-state index contributed by atoms with van der Waals surface area (Å²) in [5.74, 6) is 3.46. The van der Waals surface area contributed by atoms with Crippen molar-refractivity contribution in [2.24, 2.45) is 0 Å². The number of hydrogen-bond acceptors (Lipinski definition) is 5. The molecule has 2 aliphatic rings. The molecule has 0 saturated carbocycles. The molecule has 0 aliphatic carbocycles. The Balaban J connectivity index is 1.86. The number of halogens is 1. The summed E-state index contributed by atoms with van der Waals surface area (Å²) in [6, 6.07) is 3.74. The van der Waals surface area contributed by atoms with Crippen molar-refractivity contribution < 1.29 is 9.47 Å². The van der Waals surface area contributed by atoms with Crippen LogP contribution in [0.2, 0.25) is 0 Å². The molecule has 0 saturated heterocycles. The van der Waals surface area contributed by atoms with Gasteiger partial charge in [0.1, 0.15) is 19.0 Å². The van der Waals surface area contributed by atoms with E-state index in [-0.39, 0.29) is 5.56 Å². The molecule has 0 unspecified atom stereocenters. The number of H-pyrrole nitrogens is 1. The van der Waals surface area contributed by atoms with Crippen LogP contribution in [-0.4, -0.2) is 23.2 Å². The molecule has 0 radical (unpaired) electrons. The molecule has 1 aromatic carbocycles. The van der Waals surface area contributed by atoms with Crippen molar-refractivity contribution in [3.63, 3.8) is 0 Å². The van der Waals surface area contributed by atoms with Crippen molar-refractivity contribution in [1.82, 2.24) is 9.97 Å². The minimum atomic E-state index is -0.0500. The van der Waals surface area contributed by atoms with Gasteiger partial charge in [0.25, 0.3) is 5.56 Å². The SMILES string of the molecule is O=c1[nH]c(-c2cc(Br)c3c(c2)OCCO3)nc2c1CSC2. The first-order chi connectivity index (χ1) is 10.2. The maximum absolute atomic E-state index is 12.1. The summed E-state index contributed by atoms with van der Waals surface area (Å²) in [6.07, 6.45) is 0. The molecule has 4 rings (SSSR count). The molecule has 0 amide bonds. The minimum absolute atomic E-state index is 0.0500. The Morgan fingerprint density at radius 2 is 2.10 bits per heavy atom. The topological polar surface area (TPSA) is 64.2 Å². The molecule has 2 aromatic rings. The van der Waals surface area contributed by atoms with Crippen molar-refractivity contribution in [1.29, 1.82) is 0 Å². The summed E-state index contributed by atoms with van der Waals surface area (Å²) in [5.41, 5.74) is 2.43. The quantitative estimate of drug-likeness (QED) is 0.840. The summed E-state index contributed by atoms with van der Waals surface area (Å²) in [6.45, 7) is 1.06. The summed E-state index contributed by atoms with van der Waals surface area (Å²) >= 11 is 5.19. The smallest absolute Gasteiger partial charge is 0.255 e. The molecule has 0 bridgehead atoms. The van der Waals surface area contributed by atoms with Crippen LogP contribution in [0.5, 0.6) is 11.5 Å². The highest BCUT2D eigenvalue weighted by Crippen LogP contribution is 2.40. The maximum atomic E-state index is 12.1. The van der Waals surface area contributed by atoms with E-state index in [0.29, 0.717) is 30.5 Å². The molecule has 0 atom stereocenters. The summed E-state index contributed by atoms with van der Waals surface area (Å²) in [5, 5.41) is 0. The van der Waals surface area contributed by atoms with Crippen LogP contribution in [0.4, 0.5) is 0 Å². The van der Waals surface area contributed by atoms with Crippen LogP contribution in [-0.2, 0) is 11.5 Å². The number of thioether (sulfide) groups is 1. The van der Waals surface area contributed by atoms with E-state index in [9.17, 15) is 4.79 Å². The molecular weight excluding hydrogens is 356 g/mol. The average Bonchev–Trinajstić information content (AvgIpc) is 2.96. The summed E-state index contributed by atoms with van der Waals surface area (Å²) in [4.78, 5) is 19.5. The third-order valence-corrected chi connectivity index (χ3v) is 5.02. The number of benzene rings is 1. The number of nitrogens with one attached hydrogen (secondary N) is 1. The predicted molar refractivity (Wildman–Crippen MR) is 84.0 cm³/mol. The van der Waals surface area contributed by atoms with Crippen LogP contribution in [0.3, 0.4) is 0 Å². The number of hydrogen-bond donors (Lipinski definition) is 1. The van der Waals surface area contributed by atoms with E-state index in [2.05, 4.69) is 25.9 Å². The second kappa shape index (κ2) is 5.06. The molecule has 108 valence electrons. The Bertz CT molecular complexity index is 791. The number of fused-ring (bicyclic) bond motifs is 2. The Hall–Kier alpha value is -1.47. The second-order valence-corrected chi connectivity index (χ2v) is 6.65. The first kappa shape index (κ1) is 13.2. The van der Waals surface area contributed by atoms with E-state index in [0.717, 1.165) is 32.8 Å². The Morgan fingerprint density at radius 3 is 3.00 bits per heavy atom. The molecule has 21 heavy (non-hydrogen) atoms. The summed E-state index contributed by atoms with van der Waals surface area (Å²) in [7, 11) is 0. The van der Waals surface area contributed by atoms with Crippen LogP contribution < -0.4 is 15.0 Å². The van der Waals surface area contributed by atoms with Gasteiger partial charge in [-0.05, 0) is 28.1 Å². The first-order valence-corrected chi connectivity index (χ1v) is 8.46. The zero-order valence-corrected chi connectivity index (χ0v) is 13.3. The Kier molecular flexibility index (Phi) is 3.19. The van der Waals surface area contributed by atoms with Crippen molar-refractivity contribution >= 4 is 27.7 Å². The van der Waals surface area contributed by atoms with Gasteiger partial charge in [0.2, 0.25) is 0 Å². The van der Waals surface area contributed by atoms with Gasteiger partial charge in [-0.25, -0.2) is 4.98 Å². The van der Waals surface area contributed by atoms with Gasteiger partial charge in [-0.15, -0.1) is 0 Å². The van der Waals surface area contributed by atoms with Gasteiger partial charge in [-0.2, -0.15) is 11.8 Å². The number of ether oxygens (including phenoxy) is 2. The highest BCUT2D eigenvalue weighted by molar-refractivity contribution is 9.10. The largest absolute Gasteiger partial charge is 0.486 e. The van der Waals surface area contributed by atoms with Gasteiger partial charge in [-0.3, -0.25) is 4.79 Å². The van der Waals surface area contributed by atoms with Crippen molar-refractivity contribution in [2.45, 2.75) is 11.5 Å². The normalized spacial score (nSPS) is 15.9. The predicted octanol–water partition coefficient (Wildman–Crippen LogP) is 2.72. The second-order valence-electron chi connectivity index (χ2n) is 4.81. The average molecular weight is 367 g/mol.